The van der Waals surface area contributed by atoms with E-state index in [0.29, 0.717) is 6.61 Å². The number of phenolic OH excluding ortho intramolecular Hbond substituents is 1. The summed E-state index contributed by atoms with van der Waals surface area (Å²) in [5, 5.41) is 11.6. The Morgan fingerprint density at radius 2 is 2.31 bits per heavy atom. The Morgan fingerprint density at radius 3 is 2.88 bits per heavy atom. The smallest absolute Gasteiger partial charge is 0.254 e. The van der Waals surface area contributed by atoms with E-state index in [1.165, 1.54) is 19.2 Å². The highest BCUT2D eigenvalue weighted by Crippen LogP contribution is 2.14. The Balaban J connectivity index is 2.73. The summed E-state index contributed by atoms with van der Waals surface area (Å²) in [4.78, 5) is 11.6. The average molecular weight is 227 g/mol. The van der Waals surface area contributed by atoms with Gasteiger partial charge >= 0.3 is 0 Å². The molecule has 0 aromatic heterocycles. The zero-order valence-electron chi connectivity index (χ0n) is 9.16. The van der Waals surface area contributed by atoms with Gasteiger partial charge in [0.2, 0.25) is 0 Å². The molecule has 0 aliphatic rings. The van der Waals surface area contributed by atoms with E-state index in [-0.39, 0.29) is 17.4 Å². The minimum atomic E-state index is -0.748. The van der Waals surface area contributed by atoms with E-state index >= 15 is 0 Å². The molecule has 4 nitrogen and oxygen atoms in total. The van der Waals surface area contributed by atoms with Crippen LogP contribution in [0.3, 0.4) is 0 Å². The maximum atomic E-state index is 13.3. The van der Waals surface area contributed by atoms with E-state index < -0.39 is 11.7 Å². The van der Waals surface area contributed by atoms with Crippen LogP contribution < -0.4 is 5.32 Å². The molecule has 0 saturated heterocycles. The van der Waals surface area contributed by atoms with Crippen molar-refractivity contribution in [2.45, 2.75) is 13.0 Å². The van der Waals surface area contributed by atoms with E-state index in [0.717, 1.165) is 6.07 Å². The minimum absolute atomic E-state index is 0.0965. The van der Waals surface area contributed by atoms with E-state index in [2.05, 4.69) is 5.32 Å². The van der Waals surface area contributed by atoms with Crippen molar-refractivity contribution in [3.05, 3.63) is 29.6 Å². The molecule has 0 aliphatic carbocycles. The molecule has 0 saturated carbocycles. The quantitative estimate of drug-likeness (QED) is 0.815. The van der Waals surface area contributed by atoms with Gasteiger partial charge < -0.3 is 15.2 Å². The topological polar surface area (TPSA) is 58.6 Å². The first-order chi connectivity index (χ1) is 7.54. The molecule has 5 heteroatoms. The molecule has 1 aromatic carbocycles. The third kappa shape index (κ3) is 3.20. The Labute approximate surface area is 93.0 Å². The van der Waals surface area contributed by atoms with Crippen LogP contribution in [0.25, 0.3) is 0 Å². The van der Waals surface area contributed by atoms with Gasteiger partial charge in [0.15, 0.2) is 0 Å². The van der Waals surface area contributed by atoms with Gasteiger partial charge in [-0.2, -0.15) is 0 Å². The summed E-state index contributed by atoms with van der Waals surface area (Å²) in [6.07, 6.45) is 0. The van der Waals surface area contributed by atoms with Crippen molar-refractivity contribution in [3.63, 3.8) is 0 Å². The summed E-state index contributed by atoms with van der Waals surface area (Å²) in [6.45, 7) is 2.10. The highest BCUT2D eigenvalue weighted by Gasteiger charge is 2.14. The molecule has 88 valence electrons. The third-order valence-electron chi connectivity index (χ3n) is 1.99. The number of hydrogen-bond donors (Lipinski definition) is 2. The number of carbonyl (C=O) groups is 1. The second-order valence-corrected chi connectivity index (χ2v) is 3.49. The second-order valence-electron chi connectivity index (χ2n) is 3.49. The summed E-state index contributed by atoms with van der Waals surface area (Å²) in [6, 6.07) is 3.19. The van der Waals surface area contributed by atoms with E-state index in [9.17, 15) is 9.18 Å². The first kappa shape index (κ1) is 12.4. The van der Waals surface area contributed by atoms with Crippen LogP contribution in [0.4, 0.5) is 4.39 Å². The Hall–Kier alpha value is -1.62. The Kier molecular flexibility index (Phi) is 4.25. The molecule has 1 unspecified atom stereocenters. The normalized spacial score (nSPS) is 12.2. The number of nitrogens with one attached hydrogen (secondary N) is 1. The first-order valence-electron chi connectivity index (χ1n) is 4.83. The summed E-state index contributed by atoms with van der Waals surface area (Å²) < 4.78 is 18.1. The molecule has 0 aliphatic heterocycles. The maximum absolute atomic E-state index is 13.3. The van der Waals surface area contributed by atoms with Gasteiger partial charge in [-0.05, 0) is 19.1 Å². The van der Waals surface area contributed by atoms with Gasteiger partial charge in [-0.25, -0.2) is 4.39 Å². The van der Waals surface area contributed by atoms with Crippen molar-refractivity contribution in [1.82, 2.24) is 5.32 Å². The summed E-state index contributed by atoms with van der Waals surface area (Å²) in [7, 11) is 1.52. The number of benzene rings is 1. The van der Waals surface area contributed by atoms with Gasteiger partial charge in [-0.1, -0.05) is 0 Å². The van der Waals surface area contributed by atoms with Crippen LogP contribution in [-0.2, 0) is 4.74 Å². The molecule has 1 amide bonds. The standard InChI is InChI=1S/C11H14FNO3/c1-7(6-16-2)13-11(15)9-4-3-8(14)5-10(9)12/h3-5,7,14H,6H2,1-2H3,(H,13,15). The highest BCUT2D eigenvalue weighted by atomic mass is 19.1. The van der Waals surface area contributed by atoms with Crippen molar-refractivity contribution >= 4 is 5.91 Å². The molecule has 0 bridgehead atoms. The fourth-order valence-corrected chi connectivity index (χ4v) is 1.28. The predicted octanol–water partition coefficient (Wildman–Crippen LogP) is 1.30. The van der Waals surface area contributed by atoms with Gasteiger partial charge in [-0.3, -0.25) is 4.79 Å². The van der Waals surface area contributed by atoms with Crippen LogP contribution in [0.15, 0.2) is 18.2 Å². The van der Waals surface area contributed by atoms with Crippen molar-refractivity contribution < 1.29 is 19.0 Å². The molecular formula is C11H14FNO3. The lowest BCUT2D eigenvalue weighted by atomic mass is 10.2. The average Bonchev–Trinajstić information content (AvgIpc) is 2.17. The molecular weight excluding hydrogens is 213 g/mol. The van der Waals surface area contributed by atoms with Crippen molar-refractivity contribution in [2.75, 3.05) is 13.7 Å². The zero-order valence-corrected chi connectivity index (χ0v) is 9.16. The van der Waals surface area contributed by atoms with Gasteiger partial charge in [-0.15, -0.1) is 0 Å². The molecule has 0 fully saturated rings. The van der Waals surface area contributed by atoms with Crippen molar-refractivity contribution in [1.29, 1.82) is 0 Å². The maximum Gasteiger partial charge on any atom is 0.254 e. The van der Waals surface area contributed by atoms with E-state index in [1.807, 2.05) is 0 Å². The number of hydrogen-bond acceptors (Lipinski definition) is 3. The largest absolute Gasteiger partial charge is 0.508 e. The number of ether oxygens (including phenoxy) is 1. The van der Waals surface area contributed by atoms with Gasteiger partial charge in [0.05, 0.1) is 12.2 Å². The van der Waals surface area contributed by atoms with Crippen LogP contribution in [-0.4, -0.2) is 30.8 Å². The van der Waals surface area contributed by atoms with Crippen molar-refractivity contribution in [3.8, 4) is 5.75 Å². The van der Waals surface area contributed by atoms with Gasteiger partial charge in [0, 0.05) is 19.2 Å². The lowest BCUT2D eigenvalue weighted by Gasteiger charge is -2.12. The predicted molar refractivity (Wildman–Crippen MR) is 56.9 cm³/mol. The SMILES string of the molecule is COCC(C)NC(=O)c1ccc(O)cc1F. The highest BCUT2D eigenvalue weighted by molar-refractivity contribution is 5.94. The first-order valence-corrected chi connectivity index (χ1v) is 4.83. The number of amides is 1. The number of phenols is 1. The number of methoxy groups -OCH3 is 1. The molecule has 1 rings (SSSR count). The van der Waals surface area contributed by atoms with Crippen LogP contribution in [0.5, 0.6) is 5.75 Å². The molecule has 0 heterocycles. The van der Waals surface area contributed by atoms with Crippen LogP contribution in [0.2, 0.25) is 0 Å². The van der Waals surface area contributed by atoms with Gasteiger partial charge in [0.25, 0.3) is 5.91 Å². The Bertz CT molecular complexity index is 381. The lowest BCUT2D eigenvalue weighted by molar-refractivity contribution is 0.0901. The summed E-state index contributed by atoms with van der Waals surface area (Å²) >= 11 is 0. The molecule has 0 radical (unpaired) electrons. The molecule has 1 atom stereocenters. The zero-order chi connectivity index (χ0) is 12.1. The fourth-order valence-electron chi connectivity index (χ4n) is 1.28. The van der Waals surface area contributed by atoms with Crippen LogP contribution >= 0.6 is 0 Å². The lowest BCUT2D eigenvalue weighted by Crippen LogP contribution is -2.36. The number of rotatable bonds is 4. The van der Waals surface area contributed by atoms with E-state index in [4.69, 9.17) is 9.84 Å². The number of halogens is 1. The van der Waals surface area contributed by atoms with Crippen molar-refractivity contribution in [2.24, 2.45) is 0 Å². The molecule has 16 heavy (non-hydrogen) atoms. The Morgan fingerprint density at radius 1 is 1.62 bits per heavy atom. The van der Waals surface area contributed by atoms with E-state index in [1.54, 1.807) is 6.92 Å². The number of carbonyl (C=O) groups excluding carboxylic acids is 1. The summed E-state index contributed by atoms with van der Waals surface area (Å²) in [5.41, 5.74) is -0.0965. The molecule has 1 aromatic rings. The fraction of sp³-hybridized carbons (Fsp3) is 0.364. The van der Waals surface area contributed by atoms with Crippen LogP contribution in [0.1, 0.15) is 17.3 Å². The molecule has 0 spiro atoms. The third-order valence-corrected chi connectivity index (χ3v) is 1.99. The number of aromatic hydroxyl groups is 1. The second kappa shape index (κ2) is 5.46. The minimum Gasteiger partial charge on any atom is -0.508 e. The monoisotopic (exact) mass is 227 g/mol. The molecule has 2 N–H and O–H groups in total. The van der Waals surface area contributed by atoms with Gasteiger partial charge in [0.1, 0.15) is 11.6 Å². The van der Waals surface area contributed by atoms with Crippen LogP contribution in [0, 0.1) is 5.82 Å². The summed E-state index contributed by atoms with van der Waals surface area (Å²) in [5.74, 6) is -1.48.